The molecule has 4 atom stereocenters. The van der Waals surface area contributed by atoms with E-state index in [4.69, 9.17) is 10.8 Å². The summed E-state index contributed by atoms with van der Waals surface area (Å²) in [6.45, 7) is 3.49. The molecule has 2 heteroatoms. The van der Waals surface area contributed by atoms with E-state index < -0.39 is 0 Å². The highest BCUT2D eigenvalue weighted by atomic mass is 16.3. The van der Waals surface area contributed by atoms with Crippen molar-refractivity contribution in [1.29, 1.82) is 0 Å². The molecule has 2 aliphatic rings. The van der Waals surface area contributed by atoms with E-state index in [1.54, 1.807) is 0 Å². The van der Waals surface area contributed by atoms with E-state index in [9.17, 15) is 0 Å². The van der Waals surface area contributed by atoms with Crippen molar-refractivity contribution in [1.82, 2.24) is 0 Å². The predicted octanol–water partition coefficient (Wildman–Crippen LogP) is 2.21. The molecule has 0 saturated heterocycles. The fourth-order valence-electron chi connectivity index (χ4n) is 3.13. The van der Waals surface area contributed by atoms with E-state index in [0.717, 1.165) is 24.2 Å². The molecule has 3 N–H and O–H groups in total. The van der Waals surface area contributed by atoms with Gasteiger partial charge < -0.3 is 10.8 Å². The quantitative estimate of drug-likeness (QED) is 0.656. The topological polar surface area (TPSA) is 46.2 Å². The van der Waals surface area contributed by atoms with Crippen LogP contribution in [0.2, 0.25) is 0 Å². The summed E-state index contributed by atoms with van der Waals surface area (Å²) < 4.78 is 0. The highest BCUT2D eigenvalue weighted by Crippen LogP contribution is 2.49. The van der Waals surface area contributed by atoms with Crippen molar-refractivity contribution in [2.24, 2.45) is 23.5 Å². The minimum absolute atomic E-state index is 0.155. The second-order valence-corrected chi connectivity index (χ2v) is 4.77. The number of rotatable bonds is 3. The van der Waals surface area contributed by atoms with Crippen LogP contribution in [0.4, 0.5) is 0 Å². The van der Waals surface area contributed by atoms with Crippen molar-refractivity contribution < 1.29 is 5.11 Å². The van der Waals surface area contributed by atoms with Crippen LogP contribution in [0.1, 0.15) is 32.1 Å². The van der Waals surface area contributed by atoms with Gasteiger partial charge in [-0.1, -0.05) is 13.0 Å². The van der Waals surface area contributed by atoms with Gasteiger partial charge in [0.1, 0.15) is 5.76 Å². The van der Waals surface area contributed by atoms with Crippen LogP contribution in [0.3, 0.4) is 0 Å². The summed E-state index contributed by atoms with van der Waals surface area (Å²) in [4.78, 5) is 0. The summed E-state index contributed by atoms with van der Waals surface area (Å²) in [5.74, 6) is 2.78. The molecule has 0 aromatic rings. The fourth-order valence-corrected chi connectivity index (χ4v) is 3.13. The van der Waals surface area contributed by atoms with Gasteiger partial charge in [-0.25, -0.2) is 0 Å². The second kappa shape index (κ2) is 3.33. The predicted molar refractivity (Wildman–Crippen MR) is 53.3 cm³/mol. The Kier molecular flexibility index (Phi) is 2.33. The number of fused-ring (bicyclic) bond motifs is 2. The van der Waals surface area contributed by atoms with Gasteiger partial charge in [0.15, 0.2) is 0 Å². The number of aliphatic hydroxyl groups excluding tert-OH is 1. The van der Waals surface area contributed by atoms with Crippen molar-refractivity contribution >= 4 is 0 Å². The van der Waals surface area contributed by atoms with Gasteiger partial charge in [0, 0.05) is 0 Å². The van der Waals surface area contributed by atoms with Gasteiger partial charge in [0.25, 0.3) is 0 Å². The van der Waals surface area contributed by atoms with Gasteiger partial charge in [-0.15, -0.1) is 0 Å². The Labute approximate surface area is 79.8 Å². The first kappa shape index (κ1) is 9.07. The molecule has 0 aromatic heterocycles. The van der Waals surface area contributed by atoms with Crippen LogP contribution in [0.25, 0.3) is 0 Å². The van der Waals surface area contributed by atoms with Gasteiger partial charge >= 0.3 is 0 Å². The van der Waals surface area contributed by atoms with Crippen LogP contribution in [0.5, 0.6) is 0 Å². The molecule has 74 valence electrons. The standard InChI is InChI=1S/C11H19NO/c1-7(13)11(12)6-10-5-8-2-3-9(10)4-8/h8-11,13H,1-6,12H2. The van der Waals surface area contributed by atoms with E-state index in [1.165, 1.54) is 25.7 Å². The van der Waals surface area contributed by atoms with E-state index >= 15 is 0 Å². The van der Waals surface area contributed by atoms with Gasteiger partial charge in [0.05, 0.1) is 6.04 Å². The zero-order valence-corrected chi connectivity index (χ0v) is 8.08. The Morgan fingerprint density at radius 1 is 1.46 bits per heavy atom. The van der Waals surface area contributed by atoms with Crippen molar-refractivity contribution in [3.63, 3.8) is 0 Å². The summed E-state index contributed by atoms with van der Waals surface area (Å²) in [5, 5.41) is 9.13. The average Bonchev–Trinajstić information content (AvgIpc) is 2.64. The molecule has 2 saturated carbocycles. The van der Waals surface area contributed by atoms with Gasteiger partial charge in [-0.05, 0) is 43.4 Å². The van der Waals surface area contributed by atoms with Crippen LogP contribution >= 0.6 is 0 Å². The highest BCUT2D eigenvalue weighted by Gasteiger charge is 2.39. The third-order valence-electron chi connectivity index (χ3n) is 3.87. The molecule has 0 radical (unpaired) electrons. The maximum atomic E-state index is 9.13. The smallest absolute Gasteiger partial charge is 0.102 e. The SMILES string of the molecule is C=C(O)C(N)CC1CC2CCC1C2. The molecule has 2 fully saturated rings. The first-order valence-corrected chi connectivity index (χ1v) is 5.30. The summed E-state index contributed by atoms with van der Waals surface area (Å²) in [6.07, 6.45) is 6.51. The molecule has 2 rings (SSSR count). The van der Waals surface area contributed by atoms with E-state index in [1.807, 2.05) is 0 Å². The van der Waals surface area contributed by atoms with E-state index in [-0.39, 0.29) is 11.8 Å². The van der Waals surface area contributed by atoms with Gasteiger partial charge in [-0.3, -0.25) is 0 Å². The van der Waals surface area contributed by atoms with Crippen LogP contribution in [-0.4, -0.2) is 11.1 Å². The average molecular weight is 181 g/mol. The molecule has 4 unspecified atom stereocenters. The molecule has 2 bridgehead atoms. The monoisotopic (exact) mass is 181 g/mol. The molecule has 0 aliphatic heterocycles. The highest BCUT2D eigenvalue weighted by molar-refractivity contribution is 4.98. The van der Waals surface area contributed by atoms with E-state index in [0.29, 0.717) is 0 Å². The number of hydrogen-bond donors (Lipinski definition) is 2. The first-order chi connectivity index (χ1) is 6.16. The molecule has 2 nitrogen and oxygen atoms in total. The summed E-state index contributed by atoms with van der Waals surface area (Å²) in [5.41, 5.74) is 5.78. The number of nitrogens with two attached hydrogens (primary N) is 1. The number of aliphatic hydroxyl groups is 1. The molecule has 0 amide bonds. The number of hydrogen-bond acceptors (Lipinski definition) is 2. The summed E-state index contributed by atoms with van der Waals surface area (Å²) >= 11 is 0. The Morgan fingerprint density at radius 3 is 2.69 bits per heavy atom. The Bertz CT molecular complexity index is 214. The molecule has 0 spiro atoms. The summed E-state index contributed by atoms with van der Waals surface area (Å²) in [7, 11) is 0. The van der Waals surface area contributed by atoms with Gasteiger partial charge in [0.2, 0.25) is 0 Å². The second-order valence-electron chi connectivity index (χ2n) is 4.77. The molecule has 0 aromatic carbocycles. The van der Waals surface area contributed by atoms with Crippen molar-refractivity contribution in [2.75, 3.05) is 0 Å². The molecule has 13 heavy (non-hydrogen) atoms. The zero-order valence-electron chi connectivity index (χ0n) is 8.08. The maximum absolute atomic E-state index is 9.13. The molecule has 0 heterocycles. The Hall–Kier alpha value is -0.500. The lowest BCUT2D eigenvalue weighted by Crippen LogP contribution is -2.27. The Balaban J connectivity index is 1.86. The normalized spacial score (nSPS) is 39.3. The third-order valence-corrected chi connectivity index (χ3v) is 3.87. The first-order valence-electron chi connectivity index (χ1n) is 5.30. The van der Waals surface area contributed by atoms with E-state index in [2.05, 4.69) is 6.58 Å². The van der Waals surface area contributed by atoms with Crippen LogP contribution in [0, 0.1) is 17.8 Å². The molecular weight excluding hydrogens is 162 g/mol. The lowest BCUT2D eigenvalue weighted by Gasteiger charge is -2.24. The molecule has 2 aliphatic carbocycles. The minimum atomic E-state index is -0.190. The minimum Gasteiger partial charge on any atom is -0.511 e. The van der Waals surface area contributed by atoms with Crippen molar-refractivity contribution in [2.45, 2.75) is 38.1 Å². The van der Waals surface area contributed by atoms with Crippen molar-refractivity contribution in [3.8, 4) is 0 Å². The zero-order chi connectivity index (χ0) is 9.42. The maximum Gasteiger partial charge on any atom is 0.102 e. The Morgan fingerprint density at radius 2 is 2.23 bits per heavy atom. The largest absolute Gasteiger partial charge is 0.511 e. The van der Waals surface area contributed by atoms with Crippen LogP contribution in [-0.2, 0) is 0 Å². The lowest BCUT2D eigenvalue weighted by atomic mass is 9.84. The van der Waals surface area contributed by atoms with Crippen molar-refractivity contribution in [3.05, 3.63) is 12.3 Å². The van der Waals surface area contributed by atoms with Crippen LogP contribution in [0.15, 0.2) is 12.3 Å². The molecular formula is C11H19NO. The van der Waals surface area contributed by atoms with Crippen LogP contribution < -0.4 is 5.73 Å². The summed E-state index contributed by atoms with van der Waals surface area (Å²) in [6, 6.07) is -0.190. The lowest BCUT2D eigenvalue weighted by molar-refractivity contribution is 0.274. The van der Waals surface area contributed by atoms with Gasteiger partial charge in [-0.2, -0.15) is 0 Å². The fraction of sp³-hybridized carbons (Fsp3) is 0.818. The third kappa shape index (κ3) is 1.73.